The van der Waals surface area contributed by atoms with Gasteiger partial charge in [-0.05, 0) is 37.5 Å². The van der Waals surface area contributed by atoms with E-state index in [1.54, 1.807) is 0 Å². The van der Waals surface area contributed by atoms with Crippen LogP contribution in [0.2, 0.25) is 0 Å². The third kappa shape index (κ3) is 2.15. The first-order chi connectivity index (χ1) is 7.72. The van der Waals surface area contributed by atoms with Crippen molar-refractivity contribution in [2.45, 2.75) is 37.0 Å². The number of rotatable bonds is 3. The minimum Gasteiger partial charge on any atom is -0.457 e. The number of alkyl halides is 2. The molecule has 0 saturated heterocycles. The van der Waals surface area contributed by atoms with Crippen molar-refractivity contribution in [2.24, 2.45) is 11.8 Å². The SMILES string of the molecule is O=C(OC1CC2CCC1C2)C(F)(F)S(=O)(=O)O. The number of hydrogen-bond acceptors (Lipinski definition) is 4. The van der Waals surface area contributed by atoms with Crippen LogP contribution in [0.25, 0.3) is 0 Å². The fourth-order valence-electron chi connectivity index (χ4n) is 2.64. The van der Waals surface area contributed by atoms with Crippen molar-refractivity contribution in [3.05, 3.63) is 0 Å². The molecule has 17 heavy (non-hydrogen) atoms. The van der Waals surface area contributed by atoms with Crippen molar-refractivity contribution < 1.29 is 31.3 Å². The molecule has 8 heteroatoms. The highest BCUT2D eigenvalue weighted by atomic mass is 32.2. The van der Waals surface area contributed by atoms with E-state index in [-0.39, 0.29) is 5.92 Å². The molecule has 2 aliphatic carbocycles. The zero-order valence-corrected chi connectivity index (χ0v) is 9.62. The summed E-state index contributed by atoms with van der Waals surface area (Å²) < 4.78 is 59.2. The Morgan fingerprint density at radius 3 is 2.35 bits per heavy atom. The van der Waals surface area contributed by atoms with Crippen LogP contribution < -0.4 is 0 Å². The van der Waals surface area contributed by atoms with Gasteiger partial charge in [-0.3, -0.25) is 4.55 Å². The Balaban J connectivity index is 2.03. The number of fused-ring (bicyclic) bond motifs is 2. The van der Waals surface area contributed by atoms with Crippen LogP contribution in [0.5, 0.6) is 0 Å². The zero-order valence-electron chi connectivity index (χ0n) is 8.80. The van der Waals surface area contributed by atoms with E-state index in [1.165, 1.54) is 0 Å². The number of ether oxygens (including phenoxy) is 1. The molecule has 2 rings (SSSR count). The van der Waals surface area contributed by atoms with Gasteiger partial charge in [-0.25, -0.2) is 4.79 Å². The summed E-state index contributed by atoms with van der Waals surface area (Å²) in [4.78, 5) is 11.0. The van der Waals surface area contributed by atoms with Gasteiger partial charge in [0.25, 0.3) is 0 Å². The first-order valence-corrected chi connectivity index (χ1v) is 6.71. The van der Waals surface area contributed by atoms with Gasteiger partial charge in [0.15, 0.2) is 0 Å². The monoisotopic (exact) mass is 270 g/mol. The Kier molecular flexibility index (Phi) is 2.89. The molecule has 2 fully saturated rings. The Morgan fingerprint density at radius 2 is 1.94 bits per heavy atom. The standard InChI is InChI=1S/C9H12F2O5S/c10-9(11,17(13,14)15)8(12)16-7-4-5-1-2-6(7)3-5/h5-7H,1-4H2,(H,13,14,15). The molecule has 2 aliphatic rings. The fourth-order valence-corrected chi connectivity index (χ4v) is 2.90. The summed E-state index contributed by atoms with van der Waals surface area (Å²) in [6, 6.07) is 0. The maximum absolute atomic E-state index is 12.9. The van der Waals surface area contributed by atoms with Crippen molar-refractivity contribution in [2.75, 3.05) is 0 Å². The van der Waals surface area contributed by atoms with Crippen LogP contribution in [0.3, 0.4) is 0 Å². The highest BCUT2D eigenvalue weighted by molar-refractivity contribution is 7.87. The molecule has 3 atom stereocenters. The summed E-state index contributed by atoms with van der Waals surface area (Å²) in [5.74, 6) is -1.77. The number of carbonyl (C=O) groups excluding carboxylic acids is 1. The van der Waals surface area contributed by atoms with Crippen LogP contribution in [0.1, 0.15) is 25.7 Å². The molecule has 0 aromatic heterocycles. The lowest BCUT2D eigenvalue weighted by molar-refractivity contribution is -0.169. The molecule has 0 aromatic carbocycles. The van der Waals surface area contributed by atoms with Crippen molar-refractivity contribution in [1.82, 2.24) is 0 Å². The van der Waals surface area contributed by atoms with Crippen molar-refractivity contribution in [3.8, 4) is 0 Å². The van der Waals surface area contributed by atoms with Crippen molar-refractivity contribution in [1.29, 1.82) is 0 Å². The van der Waals surface area contributed by atoms with Gasteiger partial charge in [-0.2, -0.15) is 17.2 Å². The topological polar surface area (TPSA) is 80.7 Å². The van der Waals surface area contributed by atoms with E-state index < -0.39 is 27.4 Å². The second-order valence-corrected chi connectivity index (χ2v) is 6.07. The highest BCUT2D eigenvalue weighted by Crippen LogP contribution is 2.46. The molecular weight excluding hydrogens is 258 g/mol. The zero-order chi connectivity index (χ0) is 12.8. The van der Waals surface area contributed by atoms with E-state index >= 15 is 0 Å². The lowest BCUT2D eigenvalue weighted by Crippen LogP contribution is -2.41. The Morgan fingerprint density at radius 1 is 1.29 bits per heavy atom. The second-order valence-electron chi connectivity index (χ2n) is 4.61. The molecule has 3 unspecified atom stereocenters. The average molecular weight is 270 g/mol. The van der Waals surface area contributed by atoms with E-state index in [1.807, 2.05) is 0 Å². The van der Waals surface area contributed by atoms with Gasteiger partial charge >= 0.3 is 21.3 Å². The molecule has 1 N–H and O–H groups in total. The Labute approximate surface area is 96.9 Å². The van der Waals surface area contributed by atoms with Gasteiger partial charge in [0.05, 0.1) is 0 Å². The Hall–Kier alpha value is -0.760. The lowest BCUT2D eigenvalue weighted by atomic mass is 9.98. The molecule has 2 saturated carbocycles. The summed E-state index contributed by atoms with van der Waals surface area (Å²) in [6.45, 7) is 0. The summed E-state index contributed by atoms with van der Waals surface area (Å²) in [6.07, 6.45) is 2.48. The van der Waals surface area contributed by atoms with Crippen LogP contribution in [0, 0.1) is 11.8 Å². The average Bonchev–Trinajstić information content (AvgIpc) is 2.76. The molecule has 0 radical (unpaired) electrons. The van der Waals surface area contributed by atoms with Crippen LogP contribution in [-0.2, 0) is 19.6 Å². The van der Waals surface area contributed by atoms with E-state index in [4.69, 9.17) is 4.55 Å². The lowest BCUT2D eigenvalue weighted by Gasteiger charge is -2.23. The van der Waals surface area contributed by atoms with Gasteiger partial charge in [-0.15, -0.1) is 0 Å². The minimum absolute atomic E-state index is 0.0427. The smallest absolute Gasteiger partial charge is 0.457 e. The molecule has 0 aromatic rings. The van der Waals surface area contributed by atoms with Crippen molar-refractivity contribution >= 4 is 16.1 Å². The predicted molar refractivity (Wildman–Crippen MR) is 51.8 cm³/mol. The molecule has 2 bridgehead atoms. The number of carbonyl (C=O) groups is 1. The van der Waals surface area contributed by atoms with E-state index in [9.17, 15) is 22.0 Å². The van der Waals surface area contributed by atoms with Gasteiger partial charge in [0.2, 0.25) is 0 Å². The van der Waals surface area contributed by atoms with Crippen LogP contribution in [0.15, 0.2) is 0 Å². The number of hydrogen-bond donors (Lipinski definition) is 1. The van der Waals surface area contributed by atoms with Crippen LogP contribution in [0.4, 0.5) is 8.78 Å². The Bertz CT molecular complexity index is 433. The summed E-state index contributed by atoms with van der Waals surface area (Å²) in [5, 5.41) is -4.88. The van der Waals surface area contributed by atoms with Gasteiger partial charge < -0.3 is 4.74 Å². The first-order valence-electron chi connectivity index (χ1n) is 5.27. The molecule has 0 aliphatic heterocycles. The van der Waals surface area contributed by atoms with E-state index in [0.29, 0.717) is 12.3 Å². The van der Waals surface area contributed by atoms with Crippen molar-refractivity contribution in [3.63, 3.8) is 0 Å². The van der Waals surface area contributed by atoms with E-state index in [0.717, 1.165) is 19.3 Å². The number of halogens is 2. The first kappa shape index (κ1) is 12.7. The minimum atomic E-state index is -5.76. The maximum atomic E-state index is 12.9. The summed E-state index contributed by atoms with van der Waals surface area (Å²) in [5.41, 5.74) is 0. The number of esters is 1. The largest absolute Gasteiger partial charge is 0.465 e. The van der Waals surface area contributed by atoms with Gasteiger partial charge in [-0.1, -0.05) is 0 Å². The predicted octanol–water partition coefficient (Wildman–Crippen LogP) is 1.20. The maximum Gasteiger partial charge on any atom is 0.465 e. The summed E-state index contributed by atoms with van der Waals surface area (Å²) in [7, 11) is -5.76. The van der Waals surface area contributed by atoms with E-state index in [2.05, 4.69) is 4.74 Å². The third-order valence-corrected chi connectivity index (χ3v) is 4.31. The molecule has 0 spiro atoms. The fraction of sp³-hybridized carbons (Fsp3) is 0.889. The van der Waals surface area contributed by atoms with Gasteiger partial charge in [0.1, 0.15) is 6.10 Å². The molecule has 98 valence electrons. The third-order valence-electron chi connectivity index (χ3n) is 3.49. The quantitative estimate of drug-likeness (QED) is 0.615. The molecule has 5 nitrogen and oxygen atoms in total. The van der Waals surface area contributed by atoms with Crippen LogP contribution >= 0.6 is 0 Å². The van der Waals surface area contributed by atoms with Gasteiger partial charge in [0, 0.05) is 0 Å². The summed E-state index contributed by atoms with van der Waals surface area (Å²) >= 11 is 0. The highest BCUT2D eigenvalue weighted by Gasteiger charge is 2.56. The van der Waals surface area contributed by atoms with Crippen LogP contribution in [-0.4, -0.2) is 30.3 Å². The normalized spacial score (nSPS) is 32.8. The molecule has 0 amide bonds. The molecular formula is C9H12F2O5S. The molecule has 0 heterocycles. The second kappa shape index (κ2) is 3.88.